The fourth-order valence-electron chi connectivity index (χ4n) is 4.07. The Labute approximate surface area is 180 Å². The summed E-state index contributed by atoms with van der Waals surface area (Å²) in [6, 6.07) is 17.5. The monoisotopic (exact) mass is 416 g/mol. The van der Waals surface area contributed by atoms with Gasteiger partial charge in [-0.05, 0) is 42.2 Å². The van der Waals surface area contributed by atoms with E-state index in [1.807, 2.05) is 19.9 Å². The Balaban J connectivity index is 1.95. The number of hydrogen-bond acceptors (Lipinski definition) is 4. The lowest BCUT2D eigenvalue weighted by molar-refractivity contribution is 0.0908. The van der Waals surface area contributed by atoms with Crippen LogP contribution in [0.2, 0.25) is 0 Å². The van der Waals surface area contributed by atoms with Crippen molar-refractivity contribution in [2.45, 2.75) is 26.7 Å². The molecule has 4 rings (SSSR count). The smallest absolute Gasteiger partial charge is 0.268 e. The predicted molar refractivity (Wildman–Crippen MR) is 119 cm³/mol. The molecule has 6 heteroatoms. The molecule has 1 aliphatic carbocycles. The number of nitrogens with zero attached hydrogens (tertiary/aromatic N) is 1. The number of ketones is 1. The first-order chi connectivity index (χ1) is 14.8. The van der Waals surface area contributed by atoms with E-state index in [1.54, 1.807) is 48.5 Å². The van der Waals surface area contributed by atoms with E-state index in [2.05, 4.69) is 5.32 Å². The van der Waals surface area contributed by atoms with E-state index >= 15 is 0 Å². The molecule has 6 nitrogen and oxygen atoms in total. The minimum Gasteiger partial charge on any atom is -0.495 e. The van der Waals surface area contributed by atoms with Gasteiger partial charge < -0.3 is 10.1 Å². The van der Waals surface area contributed by atoms with E-state index in [1.165, 1.54) is 17.7 Å². The highest BCUT2D eigenvalue weighted by Gasteiger charge is 2.35. The van der Waals surface area contributed by atoms with Crippen molar-refractivity contribution in [1.29, 1.82) is 0 Å². The Morgan fingerprint density at radius 1 is 1.00 bits per heavy atom. The number of hydrogen-bond donors (Lipinski definition) is 1. The van der Waals surface area contributed by atoms with Gasteiger partial charge in [0.1, 0.15) is 11.3 Å². The van der Waals surface area contributed by atoms with Gasteiger partial charge in [-0.15, -0.1) is 0 Å². The molecule has 0 radical (unpaired) electrons. The zero-order valence-corrected chi connectivity index (χ0v) is 17.8. The van der Waals surface area contributed by atoms with Gasteiger partial charge in [0.15, 0.2) is 5.78 Å². The lowest BCUT2D eigenvalue weighted by Crippen LogP contribution is -2.37. The zero-order valence-electron chi connectivity index (χ0n) is 17.8. The number of nitrogens with one attached hydrogen (secondary N) is 1. The van der Waals surface area contributed by atoms with Crippen molar-refractivity contribution >= 4 is 17.4 Å². The molecule has 0 unspecified atom stereocenters. The van der Waals surface area contributed by atoms with Crippen LogP contribution in [0.1, 0.15) is 46.7 Å². The maximum absolute atomic E-state index is 13.6. The van der Waals surface area contributed by atoms with Crippen molar-refractivity contribution in [1.82, 2.24) is 4.57 Å². The van der Waals surface area contributed by atoms with Crippen molar-refractivity contribution < 1.29 is 14.3 Å². The molecule has 1 N–H and O–H groups in total. The predicted octanol–water partition coefficient (Wildman–Crippen LogP) is 4.25. The van der Waals surface area contributed by atoms with E-state index in [-0.39, 0.29) is 16.8 Å². The summed E-state index contributed by atoms with van der Waals surface area (Å²) in [6.07, 6.45) is 0.881. The fourth-order valence-corrected chi connectivity index (χ4v) is 4.07. The third-order valence-electron chi connectivity index (χ3n) is 5.49. The van der Waals surface area contributed by atoms with Crippen molar-refractivity contribution in [3.05, 3.63) is 87.8 Å². The van der Waals surface area contributed by atoms with Gasteiger partial charge >= 0.3 is 0 Å². The van der Waals surface area contributed by atoms with E-state index in [0.717, 1.165) is 0 Å². The number of rotatable bonds is 4. The molecule has 0 bridgehead atoms. The lowest BCUT2D eigenvalue weighted by atomic mass is 9.75. The van der Waals surface area contributed by atoms with Crippen LogP contribution in [0.5, 0.6) is 5.75 Å². The minimum atomic E-state index is -0.555. The lowest BCUT2D eigenvalue weighted by Gasteiger charge is -2.32. The highest BCUT2D eigenvalue weighted by atomic mass is 16.5. The molecule has 0 aliphatic heterocycles. The Bertz CT molecular complexity index is 1230. The van der Waals surface area contributed by atoms with Crippen molar-refractivity contribution in [2.24, 2.45) is 5.41 Å². The van der Waals surface area contributed by atoms with Gasteiger partial charge in [0.2, 0.25) is 0 Å². The number of Topliss-reactive ketones (excluding diaryl/α,β-unsaturated/α-hetero) is 1. The second kappa shape index (κ2) is 7.87. The largest absolute Gasteiger partial charge is 0.495 e. The van der Waals surface area contributed by atoms with Crippen molar-refractivity contribution in [3.63, 3.8) is 0 Å². The summed E-state index contributed by atoms with van der Waals surface area (Å²) in [5.74, 6) is -0.146. The van der Waals surface area contributed by atoms with Crippen LogP contribution in [-0.4, -0.2) is 23.4 Å². The third-order valence-corrected chi connectivity index (χ3v) is 5.49. The molecule has 1 aromatic heterocycles. The van der Waals surface area contributed by atoms with Crippen LogP contribution in [0, 0.1) is 5.41 Å². The number of para-hydroxylation sites is 3. The zero-order chi connectivity index (χ0) is 22.2. The first-order valence-corrected chi connectivity index (χ1v) is 10.1. The molecular formula is C25H24N2O4. The molecule has 1 heterocycles. The van der Waals surface area contributed by atoms with Gasteiger partial charge in [0, 0.05) is 23.4 Å². The van der Waals surface area contributed by atoms with Gasteiger partial charge in [-0.1, -0.05) is 44.2 Å². The Kier molecular flexibility index (Phi) is 5.23. The summed E-state index contributed by atoms with van der Waals surface area (Å²) in [6.45, 7) is 4.00. The minimum absolute atomic E-state index is 0.0799. The number of anilines is 1. The summed E-state index contributed by atoms with van der Waals surface area (Å²) in [5, 5.41) is 2.75. The van der Waals surface area contributed by atoms with Crippen LogP contribution in [0.15, 0.2) is 65.5 Å². The van der Waals surface area contributed by atoms with Crippen LogP contribution in [0.25, 0.3) is 5.69 Å². The Morgan fingerprint density at radius 3 is 2.39 bits per heavy atom. The van der Waals surface area contributed by atoms with Gasteiger partial charge in [0.05, 0.1) is 12.8 Å². The van der Waals surface area contributed by atoms with Crippen LogP contribution in [0.3, 0.4) is 0 Å². The van der Waals surface area contributed by atoms with Crippen LogP contribution in [-0.2, 0) is 6.42 Å². The highest BCUT2D eigenvalue weighted by Crippen LogP contribution is 2.36. The molecule has 0 atom stereocenters. The van der Waals surface area contributed by atoms with Crippen molar-refractivity contribution in [2.75, 3.05) is 12.4 Å². The molecule has 0 saturated heterocycles. The molecule has 2 aromatic carbocycles. The molecule has 0 spiro atoms. The molecule has 0 fully saturated rings. The second-order valence-electron chi connectivity index (χ2n) is 8.49. The van der Waals surface area contributed by atoms with Gasteiger partial charge in [-0.25, -0.2) is 0 Å². The normalized spacial score (nSPS) is 14.6. The molecule has 31 heavy (non-hydrogen) atoms. The van der Waals surface area contributed by atoms with Crippen molar-refractivity contribution in [3.8, 4) is 11.4 Å². The molecule has 3 aromatic rings. The standard InChI is InChI=1S/C25H24N2O4/c1-25(2)14-20-17(21(28)15-25)13-18(23(29)26-16-9-5-4-6-10-16)24(30)27(20)19-11-7-8-12-22(19)31-3/h4-13H,14-15H2,1-3H3,(H,26,29). The summed E-state index contributed by atoms with van der Waals surface area (Å²) in [7, 11) is 1.53. The second-order valence-corrected chi connectivity index (χ2v) is 8.49. The molecular weight excluding hydrogens is 392 g/mol. The molecule has 1 aliphatic rings. The van der Waals surface area contributed by atoms with Gasteiger partial charge in [-0.2, -0.15) is 0 Å². The number of benzene rings is 2. The number of amides is 1. The Morgan fingerprint density at radius 2 is 1.68 bits per heavy atom. The number of methoxy groups -OCH3 is 1. The average Bonchev–Trinajstić information content (AvgIpc) is 2.73. The third kappa shape index (κ3) is 3.89. The average molecular weight is 416 g/mol. The van der Waals surface area contributed by atoms with Crippen LogP contribution < -0.4 is 15.6 Å². The summed E-state index contributed by atoms with van der Waals surface area (Å²) < 4.78 is 6.94. The van der Waals surface area contributed by atoms with E-state index in [0.29, 0.717) is 41.2 Å². The first kappa shape index (κ1) is 20.6. The maximum atomic E-state index is 13.6. The highest BCUT2D eigenvalue weighted by molar-refractivity contribution is 6.07. The number of pyridine rings is 1. The number of ether oxygens (including phenoxy) is 1. The van der Waals surface area contributed by atoms with Gasteiger partial charge in [0.25, 0.3) is 11.5 Å². The first-order valence-electron chi connectivity index (χ1n) is 10.1. The van der Waals surface area contributed by atoms with E-state index in [4.69, 9.17) is 4.74 Å². The molecule has 1 amide bonds. The summed E-state index contributed by atoms with van der Waals surface area (Å²) >= 11 is 0. The molecule has 0 saturated carbocycles. The van der Waals surface area contributed by atoms with Crippen LogP contribution >= 0.6 is 0 Å². The molecule has 158 valence electrons. The van der Waals surface area contributed by atoms with Gasteiger partial charge in [-0.3, -0.25) is 19.0 Å². The topological polar surface area (TPSA) is 77.4 Å². The summed E-state index contributed by atoms with van der Waals surface area (Å²) in [5.41, 5.74) is 1.22. The SMILES string of the molecule is COc1ccccc1-n1c2c(cc(C(=O)Nc3ccccc3)c1=O)C(=O)CC(C)(C)C2. The number of carbonyl (C=O) groups is 2. The fraction of sp³-hybridized carbons (Fsp3) is 0.240. The maximum Gasteiger partial charge on any atom is 0.268 e. The quantitative estimate of drug-likeness (QED) is 0.690. The van der Waals surface area contributed by atoms with E-state index in [9.17, 15) is 14.4 Å². The number of aromatic nitrogens is 1. The Hall–Kier alpha value is -3.67. The number of carbonyl (C=O) groups excluding carboxylic acids is 2. The van der Waals surface area contributed by atoms with E-state index < -0.39 is 11.5 Å². The summed E-state index contributed by atoms with van der Waals surface area (Å²) in [4.78, 5) is 39.6. The van der Waals surface area contributed by atoms with Crippen LogP contribution in [0.4, 0.5) is 5.69 Å². The number of fused-ring (bicyclic) bond motifs is 1.